The normalized spacial score (nSPS) is 11.7. The number of H-pyrrole nitrogens is 1. The summed E-state index contributed by atoms with van der Waals surface area (Å²) in [6.07, 6.45) is 1.00. The number of carbonyl (C=O) groups is 1. The van der Waals surface area contributed by atoms with Gasteiger partial charge in [-0.05, 0) is 62.2 Å². The van der Waals surface area contributed by atoms with E-state index in [0.29, 0.717) is 21.0 Å². The standard InChI is InChI=1S/C25H24ClN5O6/c1-14(2)37-20-10-9-18(11-15(20)3)27-22-29-23(33)31(24-28-19(13-36-24)21(32)35-4)25(34)30(22)12-16-5-7-17(26)8-6-16/h5-11,13-14H,12H2,1-4H3,(H,27,29,33). The predicted octanol–water partition coefficient (Wildman–Crippen LogP) is 3.13. The molecule has 2 aromatic carbocycles. The highest BCUT2D eigenvalue weighted by atomic mass is 35.5. The summed E-state index contributed by atoms with van der Waals surface area (Å²) in [6.45, 7) is 5.78. The molecule has 37 heavy (non-hydrogen) atoms. The van der Waals surface area contributed by atoms with Crippen LogP contribution in [0.25, 0.3) is 6.01 Å². The van der Waals surface area contributed by atoms with Gasteiger partial charge in [-0.15, -0.1) is 0 Å². The number of methoxy groups -OCH3 is 1. The van der Waals surface area contributed by atoms with Gasteiger partial charge in [-0.1, -0.05) is 23.7 Å². The summed E-state index contributed by atoms with van der Waals surface area (Å²) in [5.41, 5.74) is 0.221. The first-order valence-electron chi connectivity index (χ1n) is 11.2. The lowest BCUT2D eigenvalue weighted by Gasteiger charge is -2.12. The zero-order chi connectivity index (χ0) is 26.7. The Morgan fingerprint density at radius 3 is 2.57 bits per heavy atom. The van der Waals surface area contributed by atoms with Crippen LogP contribution in [0.2, 0.25) is 5.02 Å². The molecule has 0 atom stereocenters. The molecular weight excluding hydrogens is 502 g/mol. The van der Waals surface area contributed by atoms with Crippen molar-refractivity contribution in [2.45, 2.75) is 33.4 Å². The summed E-state index contributed by atoms with van der Waals surface area (Å²) in [6, 6.07) is 11.8. The van der Waals surface area contributed by atoms with Crippen LogP contribution in [0.1, 0.15) is 35.5 Å². The van der Waals surface area contributed by atoms with E-state index in [4.69, 9.17) is 20.8 Å². The topological polar surface area (TPSA) is 134 Å². The molecule has 2 aromatic heterocycles. The number of oxazole rings is 1. The minimum atomic E-state index is -0.856. The summed E-state index contributed by atoms with van der Waals surface area (Å²) in [5, 5.41) is 0.534. The molecule has 11 nitrogen and oxygen atoms in total. The molecule has 0 amide bonds. The average Bonchev–Trinajstić information content (AvgIpc) is 3.33. The third-order valence-corrected chi connectivity index (χ3v) is 5.44. The van der Waals surface area contributed by atoms with Crippen molar-refractivity contribution < 1.29 is 18.7 Å². The molecule has 192 valence electrons. The van der Waals surface area contributed by atoms with Crippen molar-refractivity contribution in [1.29, 1.82) is 0 Å². The van der Waals surface area contributed by atoms with Gasteiger partial charge in [-0.3, -0.25) is 9.55 Å². The van der Waals surface area contributed by atoms with Crippen molar-refractivity contribution in [2.24, 2.45) is 4.99 Å². The third-order valence-electron chi connectivity index (χ3n) is 5.19. The SMILES string of the molecule is COC(=O)c1coc(-n2c(=O)[nH]/c(=N/c3ccc(OC(C)C)c(C)c3)n(Cc3ccc(Cl)cc3)c2=O)n1. The minimum absolute atomic E-state index is 0.00174. The van der Waals surface area contributed by atoms with Crippen molar-refractivity contribution in [3.63, 3.8) is 0 Å². The van der Waals surface area contributed by atoms with E-state index < -0.39 is 23.4 Å². The van der Waals surface area contributed by atoms with E-state index in [1.54, 1.807) is 42.5 Å². The number of nitrogens with zero attached hydrogens (tertiary/aromatic N) is 4. The highest BCUT2D eigenvalue weighted by Crippen LogP contribution is 2.24. The largest absolute Gasteiger partial charge is 0.491 e. The maximum Gasteiger partial charge on any atom is 0.360 e. The molecule has 0 bridgehead atoms. The minimum Gasteiger partial charge on any atom is -0.491 e. The van der Waals surface area contributed by atoms with Gasteiger partial charge in [-0.25, -0.2) is 19.4 Å². The van der Waals surface area contributed by atoms with Gasteiger partial charge in [0.05, 0.1) is 25.4 Å². The van der Waals surface area contributed by atoms with Crippen molar-refractivity contribution in [2.75, 3.05) is 7.11 Å². The van der Waals surface area contributed by atoms with Gasteiger partial charge in [0.15, 0.2) is 5.69 Å². The lowest BCUT2D eigenvalue weighted by molar-refractivity contribution is 0.0594. The van der Waals surface area contributed by atoms with Crippen LogP contribution >= 0.6 is 11.6 Å². The van der Waals surface area contributed by atoms with E-state index in [1.807, 2.05) is 20.8 Å². The van der Waals surface area contributed by atoms with Gasteiger partial charge in [0, 0.05) is 5.02 Å². The zero-order valence-electron chi connectivity index (χ0n) is 20.5. The second kappa shape index (κ2) is 10.7. The first-order valence-corrected chi connectivity index (χ1v) is 11.6. The number of hydrogen-bond acceptors (Lipinski definition) is 8. The summed E-state index contributed by atoms with van der Waals surface area (Å²) in [7, 11) is 1.18. The molecule has 0 aliphatic rings. The molecule has 0 fully saturated rings. The van der Waals surface area contributed by atoms with Gasteiger partial charge in [0.25, 0.3) is 0 Å². The van der Waals surface area contributed by atoms with Crippen LogP contribution in [0.15, 0.2) is 67.7 Å². The Morgan fingerprint density at radius 2 is 1.92 bits per heavy atom. The van der Waals surface area contributed by atoms with Crippen LogP contribution in [-0.4, -0.2) is 38.3 Å². The number of hydrogen-bond donors (Lipinski definition) is 1. The van der Waals surface area contributed by atoms with E-state index in [-0.39, 0.29) is 24.0 Å². The summed E-state index contributed by atoms with van der Waals surface area (Å²) in [5.74, 6) is -0.0717. The molecule has 4 aromatic rings. The molecule has 0 saturated carbocycles. The van der Waals surface area contributed by atoms with Crippen LogP contribution in [0.3, 0.4) is 0 Å². The summed E-state index contributed by atoms with van der Waals surface area (Å²) < 4.78 is 17.5. The first-order chi connectivity index (χ1) is 17.7. The number of aryl methyl sites for hydroxylation is 1. The van der Waals surface area contributed by atoms with Gasteiger partial charge in [0.2, 0.25) is 5.62 Å². The van der Waals surface area contributed by atoms with Crippen molar-refractivity contribution in [3.8, 4) is 11.8 Å². The van der Waals surface area contributed by atoms with E-state index in [2.05, 4.69) is 19.7 Å². The van der Waals surface area contributed by atoms with Gasteiger partial charge < -0.3 is 13.9 Å². The monoisotopic (exact) mass is 525 g/mol. The fourth-order valence-corrected chi connectivity index (χ4v) is 3.59. The highest BCUT2D eigenvalue weighted by Gasteiger charge is 2.19. The van der Waals surface area contributed by atoms with E-state index >= 15 is 0 Å². The fraction of sp³-hybridized carbons (Fsp3) is 0.240. The Morgan fingerprint density at radius 1 is 1.19 bits per heavy atom. The number of esters is 1. The molecule has 0 aliphatic heterocycles. The number of benzene rings is 2. The molecule has 0 spiro atoms. The lowest BCUT2D eigenvalue weighted by Crippen LogP contribution is -2.49. The lowest BCUT2D eigenvalue weighted by atomic mass is 10.2. The number of nitrogens with one attached hydrogen (secondary N) is 1. The Labute approximate surface area is 215 Å². The van der Waals surface area contributed by atoms with Crippen LogP contribution in [-0.2, 0) is 11.3 Å². The number of carbonyl (C=O) groups excluding carboxylic acids is 1. The van der Waals surface area contributed by atoms with E-state index in [0.717, 1.165) is 17.4 Å². The smallest absolute Gasteiger partial charge is 0.360 e. The first kappa shape index (κ1) is 25.7. The van der Waals surface area contributed by atoms with Crippen molar-refractivity contribution >= 4 is 23.3 Å². The highest BCUT2D eigenvalue weighted by molar-refractivity contribution is 6.30. The maximum absolute atomic E-state index is 13.5. The molecule has 0 radical (unpaired) electrons. The molecule has 12 heteroatoms. The van der Waals surface area contributed by atoms with Crippen LogP contribution < -0.4 is 21.7 Å². The Bertz CT molecular complexity index is 1630. The number of rotatable bonds is 7. The Balaban J connectivity index is 1.88. The van der Waals surface area contributed by atoms with Crippen LogP contribution in [0.5, 0.6) is 5.75 Å². The zero-order valence-corrected chi connectivity index (χ0v) is 21.3. The third kappa shape index (κ3) is 5.72. The molecule has 0 aliphatic carbocycles. The van der Waals surface area contributed by atoms with E-state index in [9.17, 15) is 14.4 Å². The quantitative estimate of drug-likeness (QED) is 0.366. The molecule has 0 unspecified atom stereocenters. The molecule has 4 rings (SSSR count). The van der Waals surface area contributed by atoms with Crippen molar-refractivity contribution in [3.05, 3.63) is 97.2 Å². The second-order valence-corrected chi connectivity index (χ2v) is 8.76. The number of aromatic amines is 1. The van der Waals surface area contributed by atoms with Crippen molar-refractivity contribution in [1.82, 2.24) is 19.1 Å². The van der Waals surface area contributed by atoms with Gasteiger partial charge in [0.1, 0.15) is 12.0 Å². The Hall–Kier alpha value is -4.38. The number of ether oxygens (including phenoxy) is 2. The molecular formula is C25H24ClN5O6. The maximum atomic E-state index is 13.5. The second-order valence-electron chi connectivity index (χ2n) is 8.32. The van der Waals surface area contributed by atoms with Crippen LogP contribution in [0.4, 0.5) is 5.69 Å². The fourth-order valence-electron chi connectivity index (χ4n) is 3.47. The van der Waals surface area contributed by atoms with Gasteiger partial charge >= 0.3 is 23.4 Å². The molecule has 2 heterocycles. The molecule has 0 saturated heterocycles. The molecule has 1 N–H and O–H groups in total. The van der Waals surface area contributed by atoms with Gasteiger partial charge in [-0.2, -0.15) is 9.55 Å². The Kier molecular flexibility index (Phi) is 7.44. The predicted molar refractivity (Wildman–Crippen MR) is 135 cm³/mol. The van der Waals surface area contributed by atoms with E-state index in [1.165, 1.54) is 11.7 Å². The van der Waals surface area contributed by atoms with Crippen LogP contribution in [0, 0.1) is 6.92 Å². The number of halogens is 1. The summed E-state index contributed by atoms with van der Waals surface area (Å²) >= 11 is 6.00. The summed E-state index contributed by atoms with van der Waals surface area (Å²) in [4.78, 5) is 49.3. The number of aromatic nitrogens is 4. The average molecular weight is 526 g/mol.